The van der Waals surface area contributed by atoms with Crippen LogP contribution < -0.4 is 15.4 Å². The van der Waals surface area contributed by atoms with Crippen molar-refractivity contribution in [3.8, 4) is 11.5 Å². The monoisotopic (exact) mass is 348 g/mol. The van der Waals surface area contributed by atoms with E-state index in [0.29, 0.717) is 23.0 Å². The average molecular weight is 348 g/mol. The van der Waals surface area contributed by atoms with Crippen molar-refractivity contribution in [1.29, 1.82) is 0 Å². The standard InChI is InChI=1S/C19H16N4O3/c1-25-16-9-14(7-12-5-6-26-19(12)16)23-18-10-17(20-11-21-18)22-13-3-2-4-15(24)8-13/h2-11,24H,1H3,(H2,20,21,22,23). The molecule has 2 aromatic heterocycles. The zero-order valence-electron chi connectivity index (χ0n) is 13.9. The summed E-state index contributed by atoms with van der Waals surface area (Å²) in [4.78, 5) is 8.44. The number of aromatic nitrogens is 2. The molecule has 0 aliphatic carbocycles. The SMILES string of the molecule is COc1cc(Nc2cc(Nc3cccc(O)c3)ncn2)cc2ccoc12. The number of furan rings is 1. The summed E-state index contributed by atoms with van der Waals surface area (Å²) < 4.78 is 10.8. The Morgan fingerprint density at radius 2 is 1.77 bits per heavy atom. The zero-order chi connectivity index (χ0) is 17.9. The number of methoxy groups -OCH3 is 1. The second-order valence-corrected chi connectivity index (χ2v) is 5.61. The normalized spacial score (nSPS) is 10.7. The predicted octanol–water partition coefficient (Wildman–Crippen LogP) is 4.42. The Morgan fingerprint density at radius 3 is 2.54 bits per heavy atom. The second kappa shape index (κ2) is 6.64. The van der Waals surface area contributed by atoms with E-state index < -0.39 is 0 Å². The molecule has 26 heavy (non-hydrogen) atoms. The molecule has 0 radical (unpaired) electrons. The molecule has 2 aromatic carbocycles. The minimum Gasteiger partial charge on any atom is -0.508 e. The highest BCUT2D eigenvalue weighted by Crippen LogP contribution is 2.32. The average Bonchev–Trinajstić information content (AvgIpc) is 3.10. The highest BCUT2D eigenvalue weighted by Gasteiger charge is 2.09. The van der Waals surface area contributed by atoms with Crippen LogP contribution in [0.2, 0.25) is 0 Å². The van der Waals surface area contributed by atoms with E-state index >= 15 is 0 Å². The molecule has 0 amide bonds. The molecule has 3 N–H and O–H groups in total. The van der Waals surface area contributed by atoms with Gasteiger partial charge >= 0.3 is 0 Å². The van der Waals surface area contributed by atoms with E-state index in [9.17, 15) is 5.11 Å². The zero-order valence-corrected chi connectivity index (χ0v) is 13.9. The van der Waals surface area contributed by atoms with Gasteiger partial charge in [0.1, 0.15) is 23.7 Å². The number of phenolic OH excluding ortho intramolecular Hbond substituents is 1. The third-order valence-electron chi connectivity index (χ3n) is 3.80. The quantitative estimate of drug-likeness (QED) is 0.491. The van der Waals surface area contributed by atoms with Gasteiger partial charge in [-0.05, 0) is 24.3 Å². The first kappa shape index (κ1) is 15.8. The highest BCUT2D eigenvalue weighted by atomic mass is 16.5. The number of anilines is 4. The maximum absolute atomic E-state index is 9.55. The molecular formula is C19H16N4O3. The Labute approximate surface area is 149 Å². The summed E-state index contributed by atoms with van der Waals surface area (Å²) in [6, 6.07) is 14.3. The van der Waals surface area contributed by atoms with Crippen molar-refractivity contribution in [2.24, 2.45) is 0 Å². The van der Waals surface area contributed by atoms with Gasteiger partial charge in [-0.25, -0.2) is 9.97 Å². The van der Waals surface area contributed by atoms with Gasteiger partial charge in [-0.1, -0.05) is 6.07 Å². The van der Waals surface area contributed by atoms with Gasteiger partial charge in [0, 0.05) is 35.0 Å². The fourth-order valence-corrected chi connectivity index (χ4v) is 2.65. The molecule has 0 saturated heterocycles. The Bertz CT molecular complexity index is 1060. The summed E-state index contributed by atoms with van der Waals surface area (Å²) in [5, 5.41) is 16.8. The molecule has 2 heterocycles. The van der Waals surface area contributed by atoms with Crippen molar-refractivity contribution in [1.82, 2.24) is 9.97 Å². The molecule has 0 saturated carbocycles. The highest BCUT2D eigenvalue weighted by molar-refractivity contribution is 5.87. The molecule has 0 bridgehead atoms. The predicted molar refractivity (Wildman–Crippen MR) is 99.5 cm³/mol. The van der Waals surface area contributed by atoms with E-state index in [-0.39, 0.29) is 5.75 Å². The first-order valence-corrected chi connectivity index (χ1v) is 7.91. The van der Waals surface area contributed by atoms with E-state index in [1.54, 1.807) is 37.6 Å². The summed E-state index contributed by atoms with van der Waals surface area (Å²) in [5.74, 6) is 2.04. The molecular weight excluding hydrogens is 332 g/mol. The number of nitrogens with one attached hydrogen (secondary N) is 2. The Balaban J connectivity index is 1.59. The van der Waals surface area contributed by atoms with Crippen LogP contribution in [0.4, 0.5) is 23.0 Å². The van der Waals surface area contributed by atoms with Crippen LogP contribution in [0.1, 0.15) is 0 Å². The molecule has 0 atom stereocenters. The number of hydrogen-bond donors (Lipinski definition) is 3. The van der Waals surface area contributed by atoms with Crippen LogP contribution in [0, 0.1) is 0 Å². The molecule has 0 aliphatic heterocycles. The van der Waals surface area contributed by atoms with Gasteiger partial charge < -0.3 is 24.9 Å². The lowest BCUT2D eigenvalue weighted by Gasteiger charge is -2.10. The lowest BCUT2D eigenvalue weighted by Crippen LogP contribution is -1.98. The maximum Gasteiger partial charge on any atom is 0.175 e. The third-order valence-corrected chi connectivity index (χ3v) is 3.80. The molecule has 0 unspecified atom stereocenters. The lowest BCUT2D eigenvalue weighted by atomic mass is 10.2. The van der Waals surface area contributed by atoms with Crippen molar-refractivity contribution in [3.63, 3.8) is 0 Å². The van der Waals surface area contributed by atoms with Crippen molar-refractivity contribution in [3.05, 3.63) is 61.1 Å². The van der Waals surface area contributed by atoms with E-state index in [4.69, 9.17) is 9.15 Å². The van der Waals surface area contributed by atoms with Crippen molar-refractivity contribution >= 4 is 34.0 Å². The summed E-state index contributed by atoms with van der Waals surface area (Å²) in [6.07, 6.45) is 3.08. The number of nitrogens with zero attached hydrogens (tertiary/aromatic N) is 2. The molecule has 4 aromatic rings. The van der Waals surface area contributed by atoms with Crippen molar-refractivity contribution in [2.75, 3.05) is 17.7 Å². The summed E-state index contributed by atoms with van der Waals surface area (Å²) >= 11 is 0. The number of rotatable bonds is 5. The van der Waals surface area contributed by atoms with Crippen molar-refractivity contribution in [2.45, 2.75) is 0 Å². The summed E-state index contributed by atoms with van der Waals surface area (Å²) in [7, 11) is 1.60. The van der Waals surface area contributed by atoms with Gasteiger partial charge in [0.05, 0.1) is 13.4 Å². The molecule has 0 spiro atoms. The van der Waals surface area contributed by atoms with E-state index in [1.165, 1.54) is 6.33 Å². The first-order valence-electron chi connectivity index (χ1n) is 7.91. The number of phenols is 1. The van der Waals surface area contributed by atoms with Gasteiger partial charge in [0.15, 0.2) is 11.3 Å². The Morgan fingerprint density at radius 1 is 0.962 bits per heavy atom. The van der Waals surface area contributed by atoms with Crippen LogP contribution >= 0.6 is 0 Å². The largest absolute Gasteiger partial charge is 0.508 e. The Hall–Kier alpha value is -3.74. The second-order valence-electron chi connectivity index (χ2n) is 5.61. The fourth-order valence-electron chi connectivity index (χ4n) is 2.65. The summed E-state index contributed by atoms with van der Waals surface area (Å²) in [5.41, 5.74) is 2.25. The topological polar surface area (TPSA) is 92.4 Å². The lowest BCUT2D eigenvalue weighted by molar-refractivity contribution is 0.410. The number of fused-ring (bicyclic) bond motifs is 1. The number of hydrogen-bond acceptors (Lipinski definition) is 7. The molecule has 4 rings (SSSR count). The minimum absolute atomic E-state index is 0.183. The minimum atomic E-state index is 0.183. The number of ether oxygens (including phenoxy) is 1. The molecule has 0 aliphatic rings. The van der Waals surface area contributed by atoms with Crippen LogP contribution in [0.15, 0.2) is 65.5 Å². The van der Waals surface area contributed by atoms with Crippen LogP contribution in [-0.2, 0) is 0 Å². The smallest absolute Gasteiger partial charge is 0.175 e. The molecule has 7 nitrogen and oxygen atoms in total. The van der Waals surface area contributed by atoms with E-state index in [0.717, 1.165) is 16.8 Å². The Kier molecular flexibility index (Phi) is 4.03. The van der Waals surface area contributed by atoms with Crippen LogP contribution in [-0.4, -0.2) is 22.2 Å². The molecule has 130 valence electrons. The number of aromatic hydroxyl groups is 1. The van der Waals surface area contributed by atoms with Gasteiger partial charge in [0.25, 0.3) is 0 Å². The van der Waals surface area contributed by atoms with Crippen LogP contribution in [0.25, 0.3) is 11.0 Å². The van der Waals surface area contributed by atoms with Gasteiger partial charge in [-0.2, -0.15) is 0 Å². The fraction of sp³-hybridized carbons (Fsp3) is 0.0526. The van der Waals surface area contributed by atoms with Gasteiger partial charge in [0.2, 0.25) is 0 Å². The van der Waals surface area contributed by atoms with Gasteiger partial charge in [-0.3, -0.25) is 0 Å². The van der Waals surface area contributed by atoms with Crippen molar-refractivity contribution < 1.29 is 14.3 Å². The first-order chi connectivity index (χ1) is 12.7. The van der Waals surface area contributed by atoms with Crippen LogP contribution in [0.3, 0.4) is 0 Å². The summed E-state index contributed by atoms with van der Waals surface area (Å²) in [6.45, 7) is 0. The molecule has 0 fully saturated rings. The third kappa shape index (κ3) is 3.23. The number of benzene rings is 2. The molecule has 7 heteroatoms. The van der Waals surface area contributed by atoms with E-state index in [2.05, 4.69) is 20.6 Å². The maximum atomic E-state index is 9.55. The van der Waals surface area contributed by atoms with E-state index in [1.807, 2.05) is 24.3 Å². The van der Waals surface area contributed by atoms with Gasteiger partial charge in [-0.15, -0.1) is 0 Å². The van der Waals surface area contributed by atoms with Crippen LogP contribution in [0.5, 0.6) is 11.5 Å².